The minimum Gasteiger partial charge on any atom is -0.294 e. The predicted molar refractivity (Wildman–Crippen MR) is 63.6 cm³/mol. The first-order valence-electron chi connectivity index (χ1n) is 4.64. The molecule has 2 rings (SSSR count). The quantitative estimate of drug-likeness (QED) is 0.847. The number of hydrogen-bond donors (Lipinski definition) is 1. The van der Waals surface area contributed by atoms with Crippen molar-refractivity contribution in [1.29, 1.82) is 0 Å². The number of rotatable bonds is 1. The molecule has 0 saturated heterocycles. The van der Waals surface area contributed by atoms with Gasteiger partial charge in [-0.05, 0) is 41.4 Å². The van der Waals surface area contributed by atoms with E-state index in [2.05, 4.69) is 21.0 Å². The zero-order valence-electron chi connectivity index (χ0n) is 8.54. The Labute approximate surface area is 95.9 Å². The lowest BCUT2D eigenvalue weighted by atomic mass is 10.2. The van der Waals surface area contributed by atoms with E-state index in [9.17, 15) is 4.79 Å². The minimum atomic E-state index is -0.0539. The van der Waals surface area contributed by atoms with Crippen molar-refractivity contribution in [2.45, 2.75) is 13.8 Å². The Balaban J connectivity index is 2.70. The van der Waals surface area contributed by atoms with Gasteiger partial charge in [-0.2, -0.15) is 0 Å². The van der Waals surface area contributed by atoms with E-state index in [1.54, 1.807) is 4.68 Å². The molecule has 0 bridgehead atoms. The third-order valence-electron chi connectivity index (χ3n) is 2.36. The maximum Gasteiger partial charge on any atom is 0.285 e. The average molecular weight is 267 g/mol. The van der Waals surface area contributed by atoms with Gasteiger partial charge >= 0.3 is 0 Å². The van der Waals surface area contributed by atoms with Crippen LogP contribution in [0.2, 0.25) is 0 Å². The van der Waals surface area contributed by atoms with Crippen LogP contribution in [-0.2, 0) is 0 Å². The number of benzene rings is 1. The molecule has 0 spiro atoms. The lowest BCUT2D eigenvalue weighted by Gasteiger charge is -2.04. The van der Waals surface area contributed by atoms with Crippen molar-refractivity contribution in [3.05, 3.63) is 50.3 Å². The monoisotopic (exact) mass is 266 g/mol. The van der Waals surface area contributed by atoms with Crippen LogP contribution in [0.3, 0.4) is 0 Å². The van der Waals surface area contributed by atoms with E-state index in [-0.39, 0.29) is 5.56 Å². The number of aromatic nitrogens is 2. The van der Waals surface area contributed by atoms with Crippen LogP contribution in [0.15, 0.2) is 33.5 Å². The highest BCUT2D eigenvalue weighted by atomic mass is 79.9. The number of aryl methyl sites for hydroxylation is 2. The van der Waals surface area contributed by atoms with Gasteiger partial charge in [-0.15, -0.1) is 0 Å². The maximum atomic E-state index is 11.8. The van der Waals surface area contributed by atoms with Gasteiger partial charge in [-0.1, -0.05) is 18.2 Å². The Kier molecular flexibility index (Phi) is 2.52. The molecule has 0 aliphatic heterocycles. The molecule has 15 heavy (non-hydrogen) atoms. The third-order valence-corrected chi connectivity index (χ3v) is 3.29. The van der Waals surface area contributed by atoms with Crippen LogP contribution in [0.5, 0.6) is 0 Å². The summed E-state index contributed by atoms with van der Waals surface area (Å²) >= 11 is 3.26. The summed E-state index contributed by atoms with van der Waals surface area (Å²) in [5.74, 6) is 0. The minimum absolute atomic E-state index is 0.0539. The van der Waals surface area contributed by atoms with Crippen LogP contribution >= 0.6 is 15.9 Å². The van der Waals surface area contributed by atoms with Crippen LogP contribution in [0, 0.1) is 13.8 Å². The maximum absolute atomic E-state index is 11.8. The third kappa shape index (κ3) is 1.65. The number of nitrogens with one attached hydrogen (secondary N) is 1. The zero-order valence-corrected chi connectivity index (χ0v) is 10.1. The van der Waals surface area contributed by atoms with Gasteiger partial charge in [0, 0.05) is 5.69 Å². The molecule has 0 unspecified atom stereocenters. The first kappa shape index (κ1) is 10.2. The Morgan fingerprint density at radius 3 is 2.47 bits per heavy atom. The summed E-state index contributed by atoms with van der Waals surface area (Å²) in [5.41, 5.74) is 2.73. The molecule has 3 nitrogen and oxygen atoms in total. The number of halogens is 1. The molecule has 0 saturated carbocycles. The Morgan fingerprint density at radius 2 is 1.93 bits per heavy atom. The van der Waals surface area contributed by atoms with E-state index < -0.39 is 0 Å². The number of nitrogens with zero attached hydrogens (tertiary/aromatic N) is 1. The molecule has 0 fully saturated rings. The molecule has 1 heterocycles. The predicted octanol–water partition coefficient (Wildman–Crippen LogP) is 2.54. The number of hydrogen-bond acceptors (Lipinski definition) is 1. The fraction of sp³-hybridized carbons (Fsp3) is 0.182. The Hall–Kier alpha value is -1.29. The topological polar surface area (TPSA) is 37.8 Å². The fourth-order valence-electron chi connectivity index (χ4n) is 1.51. The van der Waals surface area contributed by atoms with Crippen LogP contribution in [-0.4, -0.2) is 9.78 Å². The summed E-state index contributed by atoms with van der Waals surface area (Å²) in [6.45, 7) is 3.84. The normalized spacial score (nSPS) is 10.6. The van der Waals surface area contributed by atoms with E-state index in [0.717, 1.165) is 16.9 Å². The first-order valence-corrected chi connectivity index (χ1v) is 5.43. The lowest BCUT2D eigenvalue weighted by molar-refractivity contribution is 0.829. The van der Waals surface area contributed by atoms with Crippen molar-refractivity contribution in [2.24, 2.45) is 0 Å². The second-order valence-electron chi connectivity index (χ2n) is 3.48. The Morgan fingerprint density at radius 1 is 1.27 bits per heavy atom. The molecule has 4 heteroatoms. The second kappa shape index (κ2) is 3.70. The summed E-state index contributed by atoms with van der Waals surface area (Å²) in [4.78, 5) is 11.8. The Bertz CT molecular complexity index is 554. The van der Waals surface area contributed by atoms with Crippen molar-refractivity contribution >= 4 is 15.9 Å². The number of para-hydroxylation sites is 1. The van der Waals surface area contributed by atoms with Crippen molar-refractivity contribution in [3.8, 4) is 5.69 Å². The standard InChI is InChI=1S/C11H11BrN2O/c1-7-5-3-4-6-9(7)14-11(15)10(12)8(2)13-14/h3-6,13H,1-2H3. The second-order valence-corrected chi connectivity index (χ2v) is 4.27. The summed E-state index contributed by atoms with van der Waals surface area (Å²) in [6, 6.07) is 7.76. The first-order chi connectivity index (χ1) is 7.11. The smallest absolute Gasteiger partial charge is 0.285 e. The van der Waals surface area contributed by atoms with Crippen LogP contribution in [0.1, 0.15) is 11.3 Å². The van der Waals surface area contributed by atoms with Crippen molar-refractivity contribution in [1.82, 2.24) is 9.78 Å². The molecular formula is C11H11BrN2O. The average Bonchev–Trinajstić information content (AvgIpc) is 2.47. The molecular weight excluding hydrogens is 256 g/mol. The molecule has 78 valence electrons. The highest BCUT2D eigenvalue weighted by Gasteiger charge is 2.10. The zero-order chi connectivity index (χ0) is 11.0. The molecule has 0 atom stereocenters. The highest BCUT2D eigenvalue weighted by molar-refractivity contribution is 9.10. The molecule has 0 amide bonds. The molecule has 0 radical (unpaired) electrons. The summed E-state index contributed by atoms with van der Waals surface area (Å²) < 4.78 is 2.14. The van der Waals surface area contributed by atoms with Gasteiger partial charge in [0.2, 0.25) is 0 Å². The molecule has 1 aromatic carbocycles. The van der Waals surface area contributed by atoms with Gasteiger partial charge in [0.15, 0.2) is 0 Å². The molecule has 0 aliphatic rings. The summed E-state index contributed by atoms with van der Waals surface area (Å²) in [5, 5.41) is 3.03. The van der Waals surface area contributed by atoms with E-state index in [0.29, 0.717) is 4.47 Å². The van der Waals surface area contributed by atoms with Crippen molar-refractivity contribution < 1.29 is 0 Å². The van der Waals surface area contributed by atoms with E-state index in [1.807, 2.05) is 38.1 Å². The highest BCUT2D eigenvalue weighted by Crippen LogP contribution is 2.14. The lowest BCUT2D eigenvalue weighted by Crippen LogP contribution is -2.15. The number of H-pyrrole nitrogens is 1. The largest absolute Gasteiger partial charge is 0.294 e. The van der Waals surface area contributed by atoms with E-state index >= 15 is 0 Å². The van der Waals surface area contributed by atoms with Gasteiger partial charge in [-0.25, -0.2) is 4.68 Å². The SMILES string of the molecule is Cc1ccccc1-n1[nH]c(C)c(Br)c1=O. The molecule has 0 aliphatic carbocycles. The van der Waals surface area contributed by atoms with E-state index in [4.69, 9.17) is 0 Å². The van der Waals surface area contributed by atoms with Crippen LogP contribution < -0.4 is 5.56 Å². The van der Waals surface area contributed by atoms with Gasteiger partial charge < -0.3 is 0 Å². The molecule has 1 N–H and O–H groups in total. The summed E-state index contributed by atoms with van der Waals surface area (Å²) in [7, 11) is 0. The fourth-order valence-corrected chi connectivity index (χ4v) is 1.78. The van der Waals surface area contributed by atoms with Crippen molar-refractivity contribution in [3.63, 3.8) is 0 Å². The van der Waals surface area contributed by atoms with Gasteiger partial charge in [0.1, 0.15) is 4.47 Å². The van der Waals surface area contributed by atoms with Crippen LogP contribution in [0.4, 0.5) is 0 Å². The van der Waals surface area contributed by atoms with E-state index in [1.165, 1.54) is 0 Å². The molecule has 1 aromatic heterocycles. The number of aromatic amines is 1. The molecule has 2 aromatic rings. The van der Waals surface area contributed by atoms with Crippen LogP contribution in [0.25, 0.3) is 5.69 Å². The van der Waals surface area contributed by atoms with Gasteiger partial charge in [-0.3, -0.25) is 9.89 Å². The van der Waals surface area contributed by atoms with Gasteiger partial charge in [0.25, 0.3) is 5.56 Å². The summed E-state index contributed by atoms with van der Waals surface area (Å²) in [6.07, 6.45) is 0. The van der Waals surface area contributed by atoms with Gasteiger partial charge in [0.05, 0.1) is 5.69 Å². The van der Waals surface area contributed by atoms with Crippen molar-refractivity contribution in [2.75, 3.05) is 0 Å².